The standard InChI is InChI=1S/C24H24N4O/c1-27-23(11-13-25-27)19-9-10-24(29-2)21-16-28(15-20(19)21)14-12-18-8-7-17-5-3-4-6-22(17)26-18/h3-11,13H,12,14-16H2,1-2H3. The van der Waals surface area contributed by atoms with Crippen molar-refractivity contribution >= 4 is 10.9 Å². The van der Waals surface area contributed by atoms with Crippen LogP contribution in [0.4, 0.5) is 0 Å². The molecule has 3 heterocycles. The van der Waals surface area contributed by atoms with Gasteiger partial charge in [-0.25, -0.2) is 0 Å². The average Bonchev–Trinajstić information content (AvgIpc) is 3.37. The molecule has 0 amide bonds. The van der Waals surface area contributed by atoms with Gasteiger partial charge >= 0.3 is 0 Å². The molecule has 0 fully saturated rings. The highest BCUT2D eigenvalue weighted by Gasteiger charge is 2.26. The van der Waals surface area contributed by atoms with Gasteiger partial charge in [0.25, 0.3) is 0 Å². The Hall–Kier alpha value is -3.18. The maximum atomic E-state index is 5.66. The molecule has 5 rings (SSSR count). The zero-order valence-corrected chi connectivity index (χ0v) is 16.8. The first-order valence-electron chi connectivity index (χ1n) is 9.97. The number of aromatic nitrogens is 3. The fourth-order valence-electron chi connectivity index (χ4n) is 4.28. The van der Waals surface area contributed by atoms with Gasteiger partial charge in [0.15, 0.2) is 0 Å². The number of hydrogen-bond donors (Lipinski definition) is 0. The second kappa shape index (κ2) is 7.33. The van der Waals surface area contributed by atoms with E-state index in [0.29, 0.717) is 0 Å². The molecule has 2 aromatic heterocycles. The summed E-state index contributed by atoms with van der Waals surface area (Å²) in [5.41, 5.74) is 7.22. The molecule has 0 saturated heterocycles. The van der Waals surface area contributed by atoms with E-state index in [0.717, 1.165) is 48.7 Å². The van der Waals surface area contributed by atoms with Gasteiger partial charge in [0.1, 0.15) is 5.75 Å². The molecule has 0 spiro atoms. The van der Waals surface area contributed by atoms with Crippen molar-refractivity contribution in [3.05, 3.63) is 77.6 Å². The molecule has 5 nitrogen and oxygen atoms in total. The number of para-hydroxylation sites is 1. The Kier molecular flexibility index (Phi) is 4.52. The maximum absolute atomic E-state index is 5.66. The predicted molar refractivity (Wildman–Crippen MR) is 115 cm³/mol. The first-order chi connectivity index (χ1) is 14.2. The molecule has 1 aliphatic rings. The number of ether oxygens (including phenoxy) is 1. The number of fused-ring (bicyclic) bond motifs is 2. The Labute approximate surface area is 170 Å². The summed E-state index contributed by atoms with van der Waals surface area (Å²) in [6.07, 6.45) is 2.78. The van der Waals surface area contributed by atoms with Crippen LogP contribution in [0.1, 0.15) is 16.8 Å². The largest absolute Gasteiger partial charge is 0.496 e. The molecule has 146 valence electrons. The van der Waals surface area contributed by atoms with Gasteiger partial charge in [-0.2, -0.15) is 5.10 Å². The Balaban J connectivity index is 1.38. The highest BCUT2D eigenvalue weighted by atomic mass is 16.5. The van der Waals surface area contributed by atoms with Crippen LogP contribution in [-0.4, -0.2) is 33.3 Å². The first-order valence-corrected chi connectivity index (χ1v) is 9.97. The number of benzene rings is 2. The van der Waals surface area contributed by atoms with Crippen LogP contribution < -0.4 is 4.74 Å². The van der Waals surface area contributed by atoms with Crippen molar-refractivity contribution in [3.63, 3.8) is 0 Å². The summed E-state index contributed by atoms with van der Waals surface area (Å²) >= 11 is 0. The van der Waals surface area contributed by atoms with Gasteiger partial charge in [-0.05, 0) is 35.9 Å². The highest BCUT2D eigenvalue weighted by molar-refractivity contribution is 5.78. The van der Waals surface area contributed by atoms with Crippen LogP contribution in [0.3, 0.4) is 0 Å². The second-order valence-corrected chi connectivity index (χ2v) is 7.57. The summed E-state index contributed by atoms with van der Waals surface area (Å²) in [5, 5.41) is 5.53. The van der Waals surface area contributed by atoms with Gasteiger partial charge < -0.3 is 4.74 Å². The van der Waals surface area contributed by atoms with Crippen LogP contribution in [0.5, 0.6) is 5.75 Å². The van der Waals surface area contributed by atoms with E-state index < -0.39 is 0 Å². The van der Waals surface area contributed by atoms with E-state index in [1.807, 2.05) is 24.0 Å². The molecule has 0 N–H and O–H groups in total. The lowest BCUT2D eigenvalue weighted by Crippen LogP contribution is -2.20. The van der Waals surface area contributed by atoms with Gasteiger partial charge in [0.05, 0.1) is 18.3 Å². The van der Waals surface area contributed by atoms with Crippen LogP contribution in [-0.2, 0) is 26.6 Å². The van der Waals surface area contributed by atoms with Crippen molar-refractivity contribution in [2.45, 2.75) is 19.5 Å². The summed E-state index contributed by atoms with van der Waals surface area (Å²) < 4.78 is 7.59. The summed E-state index contributed by atoms with van der Waals surface area (Å²) in [7, 11) is 3.74. The SMILES string of the molecule is COc1ccc(-c2ccnn2C)c2c1CN(CCc1ccc3ccccc3n1)C2. The Morgan fingerprint density at radius 3 is 2.66 bits per heavy atom. The molecular weight excluding hydrogens is 360 g/mol. The van der Waals surface area contributed by atoms with Gasteiger partial charge in [0.2, 0.25) is 0 Å². The van der Waals surface area contributed by atoms with E-state index >= 15 is 0 Å². The smallest absolute Gasteiger partial charge is 0.123 e. The van der Waals surface area contributed by atoms with E-state index in [4.69, 9.17) is 9.72 Å². The molecule has 0 bridgehead atoms. The van der Waals surface area contributed by atoms with Crippen LogP contribution >= 0.6 is 0 Å². The van der Waals surface area contributed by atoms with E-state index in [1.54, 1.807) is 7.11 Å². The molecule has 4 aromatic rings. The molecule has 1 aliphatic heterocycles. The van der Waals surface area contributed by atoms with E-state index in [2.05, 4.69) is 58.5 Å². The van der Waals surface area contributed by atoms with Crippen LogP contribution in [0, 0.1) is 0 Å². The molecule has 0 atom stereocenters. The fraction of sp³-hybridized carbons (Fsp3) is 0.250. The van der Waals surface area contributed by atoms with Crippen molar-refractivity contribution in [2.75, 3.05) is 13.7 Å². The van der Waals surface area contributed by atoms with Crippen LogP contribution in [0.25, 0.3) is 22.2 Å². The third-order valence-corrected chi connectivity index (χ3v) is 5.81. The summed E-state index contributed by atoms with van der Waals surface area (Å²) in [4.78, 5) is 7.30. The number of aryl methyl sites for hydroxylation is 1. The Bertz CT molecular complexity index is 1180. The zero-order chi connectivity index (χ0) is 19.8. The quantitative estimate of drug-likeness (QED) is 0.517. The van der Waals surface area contributed by atoms with E-state index in [1.165, 1.54) is 22.1 Å². The highest BCUT2D eigenvalue weighted by Crippen LogP contribution is 2.37. The molecule has 0 radical (unpaired) electrons. The molecule has 29 heavy (non-hydrogen) atoms. The van der Waals surface area contributed by atoms with Gasteiger partial charge in [-0.1, -0.05) is 24.3 Å². The summed E-state index contributed by atoms with van der Waals surface area (Å²) in [6.45, 7) is 2.78. The van der Waals surface area contributed by atoms with Crippen LogP contribution in [0.2, 0.25) is 0 Å². The number of methoxy groups -OCH3 is 1. The lowest BCUT2D eigenvalue weighted by atomic mass is 10.00. The van der Waals surface area contributed by atoms with Crippen molar-refractivity contribution in [3.8, 4) is 17.0 Å². The second-order valence-electron chi connectivity index (χ2n) is 7.57. The lowest BCUT2D eigenvalue weighted by molar-refractivity contribution is 0.284. The molecule has 0 unspecified atom stereocenters. The molecular formula is C24H24N4O. The van der Waals surface area contributed by atoms with E-state index in [9.17, 15) is 0 Å². The first kappa shape index (κ1) is 17.9. The van der Waals surface area contributed by atoms with Crippen LogP contribution in [0.15, 0.2) is 60.8 Å². The average molecular weight is 384 g/mol. The van der Waals surface area contributed by atoms with Gasteiger partial charge in [0, 0.05) is 61.5 Å². The minimum absolute atomic E-state index is 0.901. The molecule has 2 aromatic carbocycles. The van der Waals surface area contributed by atoms with E-state index in [-0.39, 0.29) is 0 Å². The number of hydrogen-bond acceptors (Lipinski definition) is 4. The molecule has 0 aliphatic carbocycles. The molecule has 0 saturated carbocycles. The Morgan fingerprint density at radius 1 is 0.966 bits per heavy atom. The number of pyridine rings is 1. The van der Waals surface area contributed by atoms with Crippen molar-refractivity contribution < 1.29 is 4.74 Å². The maximum Gasteiger partial charge on any atom is 0.123 e. The van der Waals surface area contributed by atoms with Gasteiger partial charge in [-0.15, -0.1) is 0 Å². The molecule has 5 heteroatoms. The third kappa shape index (κ3) is 3.28. The number of nitrogens with zero attached hydrogens (tertiary/aromatic N) is 4. The monoisotopic (exact) mass is 384 g/mol. The van der Waals surface area contributed by atoms with Crippen molar-refractivity contribution in [1.82, 2.24) is 19.7 Å². The lowest BCUT2D eigenvalue weighted by Gasteiger charge is -2.15. The third-order valence-electron chi connectivity index (χ3n) is 5.81. The minimum Gasteiger partial charge on any atom is -0.496 e. The summed E-state index contributed by atoms with van der Waals surface area (Å²) in [5.74, 6) is 0.970. The fourth-order valence-corrected chi connectivity index (χ4v) is 4.28. The summed E-state index contributed by atoms with van der Waals surface area (Å²) in [6, 6.07) is 18.9. The minimum atomic E-state index is 0.901. The Morgan fingerprint density at radius 2 is 1.83 bits per heavy atom. The normalized spacial score (nSPS) is 13.7. The van der Waals surface area contributed by atoms with Crippen molar-refractivity contribution in [1.29, 1.82) is 0 Å². The van der Waals surface area contributed by atoms with Gasteiger partial charge in [-0.3, -0.25) is 14.6 Å². The predicted octanol–water partition coefficient (Wildman–Crippen LogP) is 4.20. The topological polar surface area (TPSA) is 43.2 Å². The number of rotatable bonds is 5. The van der Waals surface area contributed by atoms with Crippen molar-refractivity contribution in [2.24, 2.45) is 7.05 Å². The zero-order valence-electron chi connectivity index (χ0n) is 16.8.